The molecule has 1 N–H and O–H groups in total. The van der Waals surface area contributed by atoms with Crippen LogP contribution in [0.25, 0.3) is 0 Å². The number of nitrogens with zero attached hydrogens (tertiary/aromatic N) is 1. The summed E-state index contributed by atoms with van der Waals surface area (Å²) in [7, 11) is 2.17. The van der Waals surface area contributed by atoms with Gasteiger partial charge in [-0.05, 0) is 25.6 Å². The topological polar surface area (TPSA) is 15.3 Å². The van der Waals surface area contributed by atoms with Gasteiger partial charge in [0.25, 0.3) is 0 Å². The van der Waals surface area contributed by atoms with Crippen LogP contribution in [-0.4, -0.2) is 25.0 Å². The van der Waals surface area contributed by atoms with Crippen LogP contribution in [0.3, 0.4) is 0 Å². The molecule has 2 rings (SSSR count). The third kappa shape index (κ3) is 1.83. The van der Waals surface area contributed by atoms with Crippen molar-refractivity contribution in [2.24, 2.45) is 0 Å². The van der Waals surface area contributed by atoms with Crippen LogP contribution in [0.2, 0.25) is 0 Å². The summed E-state index contributed by atoms with van der Waals surface area (Å²) in [5.41, 5.74) is 4.06. The van der Waals surface area contributed by atoms with Gasteiger partial charge in [-0.25, -0.2) is 0 Å². The van der Waals surface area contributed by atoms with Gasteiger partial charge in [-0.15, -0.1) is 0 Å². The average Bonchev–Trinajstić information content (AvgIpc) is 2.25. The maximum Gasteiger partial charge on any atom is 0.0386 e. The summed E-state index contributed by atoms with van der Waals surface area (Å²) in [5, 5.41) is 3.44. The van der Waals surface area contributed by atoms with Gasteiger partial charge in [0.15, 0.2) is 0 Å². The average molecular weight is 176 g/mol. The van der Waals surface area contributed by atoms with Crippen molar-refractivity contribution in [3.8, 4) is 0 Å². The largest absolute Gasteiger partial charge is 0.383 e. The molecule has 0 amide bonds. The SMILES string of the molecule is Cc1ccc2c(c1)CN(C)CCN2. The molecule has 1 aromatic rings. The lowest BCUT2D eigenvalue weighted by atomic mass is 10.1. The maximum atomic E-state index is 3.44. The van der Waals surface area contributed by atoms with E-state index in [-0.39, 0.29) is 0 Å². The Hall–Kier alpha value is -1.02. The minimum Gasteiger partial charge on any atom is -0.383 e. The van der Waals surface area contributed by atoms with Crippen LogP contribution in [0, 0.1) is 6.92 Å². The van der Waals surface area contributed by atoms with Gasteiger partial charge in [0.2, 0.25) is 0 Å². The molecule has 1 heterocycles. The van der Waals surface area contributed by atoms with Crippen molar-refractivity contribution in [3.05, 3.63) is 29.3 Å². The highest BCUT2D eigenvalue weighted by Gasteiger charge is 2.09. The zero-order chi connectivity index (χ0) is 9.26. The Morgan fingerprint density at radius 2 is 2.23 bits per heavy atom. The van der Waals surface area contributed by atoms with Crippen molar-refractivity contribution >= 4 is 5.69 Å². The van der Waals surface area contributed by atoms with E-state index in [1.807, 2.05) is 0 Å². The lowest BCUT2D eigenvalue weighted by molar-refractivity contribution is 0.346. The highest BCUT2D eigenvalue weighted by molar-refractivity contribution is 5.53. The van der Waals surface area contributed by atoms with Crippen LogP contribution >= 0.6 is 0 Å². The summed E-state index contributed by atoms with van der Waals surface area (Å²) < 4.78 is 0. The molecular weight excluding hydrogens is 160 g/mol. The highest BCUT2D eigenvalue weighted by Crippen LogP contribution is 2.20. The van der Waals surface area contributed by atoms with Gasteiger partial charge in [-0.2, -0.15) is 0 Å². The minimum absolute atomic E-state index is 1.05. The zero-order valence-corrected chi connectivity index (χ0v) is 8.30. The van der Waals surface area contributed by atoms with Gasteiger partial charge in [0.05, 0.1) is 0 Å². The summed E-state index contributed by atoms with van der Waals surface area (Å²) in [6.07, 6.45) is 0. The van der Waals surface area contributed by atoms with E-state index in [0.29, 0.717) is 0 Å². The first-order chi connectivity index (χ1) is 6.25. The first-order valence-corrected chi connectivity index (χ1v) is 4.77. The molecule has 1 aliphatic rings. The van der Waals surface area contributed by atoms with Gasteiger partial charge < -0.3 is 10.2 Å². The molecule has 0 bridgehead atoms. The van der Waals surface area contributed by atoms with Crippen molar-refractivity contribution in [3.63, 3.8) is 0 Å². The molecule has 0 aromatic heterocycles. The molecule has 0 spiro atoms. The summed E-state index contributed by atoms with van der Waals surface area (Å²) in [6, 6.07) is 6.62. The molecule has 0 fully saturated rings. The molecule has 0 atom stereocenters. The predicted octanol–water partition coefficient (Wildman–Crippen LogP) is 1.85. The lowest BCUT2D eigenvalue weighted by Crippen LogP contribution is -2.20. The fourth-order valence-electron chi connectivity index (χ4n) is 1.78. The van der Waals surface area contributed by atoms with Crippen LogP contribution in [-0.2, 0) is 6.54 Å². The van der Waals surface area contributed by atoms with E-state index >= 15 is 0 Å². The van der Waals surface area contributed by atoms with Gasteiger partial charge in [0.1, 0.15) is 0 Å². The molecule has 70 valence electrons. The monoisotopic (exact) mass is 176 g/mol. The predicted molar refractivity (Wildman–Crippen MR) is 56.0 cm³/mol. The second-order valence-electron chi connectivity index (χ2n) is 3.83. The van der Waals surface area contributed by atoms with Crippen molar-refractivity contribution in [2.75, 3.05) is 25.5 Å². The van der Waals surface area contributed by atoms with E-state index in [1.165, 1.54) is 16.8 Å². The molecular formula is C11H16N2. The summed E-state index contributed by atoms with van der Waals surface area (Å²) in [4.78, 5) is 2.35. The summed E-state index contributed by atoms with van der Waals surface area (Å²) >= 11 is 0. The molecule has 13 heavy (non-hydrogen) atoms. The molecule has 0 radical (unpaired) electrons. The maximum absolute atomic E-state index is 3.44. The first kappa shape index (κ1) is 8.57. The summed E-state index contributed by atoms with van der Waals surface area (Å²) in [6.45, 7) is 5.37. The Morgan fingerprint density at radius 3 is 3.08 bits per heavy atom. The second kappa shape index (κ2) is 3.38. The molecule has 0 unspecified atom stereocenters. The van der Waals surface area contributed by atoms with Crippen LogP contribution in [0.5, 0.6) is 0 Å². The van der Waals surface area contributed by atoms with Crippen molar-refractivity contribution in [1.82, 2.24) is 4.90 Å². The van der Waals surface area contributed by atoms with Crippen molar-refractivity contribution < 1.29 is 0 Å². The van der Waals surface area contributed by atoms with Gasteiger partial charge in [0, 0.05) is 25.3 Å². The van der Waals surface area contributed by atoms with E-state index in [1.54, 1.807) is 0 Å². The lowest BCUT2D eigenvalue weighted by Gasteiger charge is -2.12. The Balaban J connectivity index is 2.35. The van der Waals surface area contributed by atoms with Crippen molar-refractivity contribution in [1.29, 1.82) is 0 Å². The van der Waals surface area contributed by atoms with Crippen LogP contribution in [0.4, 0.5) is 5.69 Å². The quantitative estimate of drug-likeness (QED) is 0.649. The third-order valence-corrected chi connectivity index (χ3v) is 2.51. The van der Waals surface area contributed by atoms with E-state index in [0.717, 1.165) is 19.6 Å². The number of aryl methyl sites for hydroxylation is 1. The zero-order valence-electron chi connectivity index (χ0n) is 8.30. The van der Waals surface area contributed by atoms with E-state index in [4.69, 9.17) is 0 Å². The molecule has 2 heteroatoms. The van der Waals surface area contributed by atoms with Gasteiger partial charge in [-0.3, -0.25) is 0 Å². The smallest absolute Gasteiger partial charge is 0.0386 e. The molecule has 2 nitrogen and oxygen atoms in total. The normalized spacial score (nSPS) is 17.4. The second-order valence-corrected chi connectivity index (χ2v) is 3.83. The summed E-state index contributed by atoms with van der Waals surface area (Å²) in [5.74, 6) is 0. The number of hydrogen-bond acceptors (Lipinski definition) is 2. The first-order valence-electron chi connectivity index (χ1n) is 4.77. The number of rotatable bonds is 0. The highest BCUT2D eigenvalue weighted by atomic mass is 15.1. The fourth-order valence-corrected chi connectivity index (χ4v) is 1.78. The van der Waals surface area contributed by atoms with E-state index < -0.39 is 0 Å². The molecule has 0 aliphatic carbocycles. The number of anilines is 1. The standard InChI is InChI=1S/C11H16N2/c1-9-3-4-11-10(7-9)8-13(2)6-5-12-11/h3-4,7,12H,5-6,8H2,1-2H3. The number of nitrogens with one attached hydrogen (secondary N) is 1. The van der Waals surface area contributed by atoms with Crippen LogP contribution in [0.15, 0.2) is 18.2 Å². The minimum atomic E-state index is 1.05. The Kier molecular flexibility index (Phi) is 2.23. The number of fused-ring (bicyclic) bond motifs is 1. The molecule has 0 saturated carbocycles. The molecule has 0 saturated heterocycles. The number of likely N-dealkylation sites (N-methyl/N-ethyl adjacent to an activating group) is 1. The number of benzene rings is 1. The Labute approximate surface area is 79.6 Å². The third-order valence-electron chi connectivity index (χ3n) is 2.51. The van der Waals surface area contributed by atoms with Gasteiger partial charge >= 0.3 is 0 Å². The molecule has 1 aromatic carbocycles. The van der Waals surface area contributed by atoms with E-state index in [9.17, 15) is 0 Å². The van der Waals surface area contributed by atoms with Crippen molar-refractivity contribution in [2.45, 2.75) is 13.5 Å². The van der Waals surface area contributed by atoms with Gasteiger partial charge in [-0.1, -0.05) is 17.7 Å². The Morgan fingerprint density at radius 1 is 1.38 bits per heavy atom. The number of hydrogen-bond donors (Lipinski definition) is 1. The molecule has 1 aliphatic heterocycles. The van der Waals surface area contributed by atoms with Crippen LogP contribution < -0.4 is 5.32 Å². The fraction of sp³-hybridized carbons (Fsp3) is 0.455. The van der Waals surface area contributed by atoms with Crippen LogP contribution in [0.1, 0.15) is 11.1 Å². The Bertz CT molecular complexity index is 307. The van der Waals surface area contributed by atoms with E-state index in [2.05, 4.69) is 42.4 Å².